The van der Waals surface area contributed by atoms with Crippen LogP contribution in [0.4, 0.5) is 0 Å². The Balaban J connectivity index is 1.86. The van der Waals surface area contributed by atoms with E-state index in [0.717, 1.165) is 18.4 Å². The average molecular weight is 268 g/mol. The van der Waals surface area contributed by atoms with Crippen LogP contribution in [0.25, 0.3) is 0 Å². The molecule has 2 aliphatic rings. The smallest absolute Gasteiger partial charge is 0.0613 e. The van der Waals surface area contributed by atoms with Crippen LogP contribution >= 0.6 is 0 Å². The number of ether oxygens (including phenoxy) is 1. The van der Waals surface area contributed by atoms with Crippen molar-refractivity contribution in [2.24, 2.45) is 11.8 Å². The maximum absolute atomic E-state index is 5.84. The fourth-order valence-corrected chi connectivity index (χ4v) is 3.60. The molecule has 0 aliphatic carbocycles. The highest BCUT2D eigenvalue weighted by molar-refractivity contribution is 4.81. The summed E-state index contributed by atoms with van der Waals surface area (Å²) in [6.45, 7) is 12.8. The summed E-state index contributed by atoms with van der Waals surface area (Å²) in [5, 5.41) is 3.70. The molecular weight excluding hydrogens is 236 g/mol. The van der Waals surface area contributed by atoms with Crippen LogP contribution in [0, 0.1) is 11.8 Å². The fourth-order valence-electron chi connectivity index (χ4n) is 3.60. The molecule has 3 nitrogen and oxygen atoms in total. The largest absolute Gasteiger partial charge is 0.378 e. The number of hydrogen-bond acceptors (Lipinski definition) is 3. The van der Waals surface area contributed by atoms with Gasteiger partial charge in [-0.2, -0.15) is 0 Å². The van der Waals surface area contributed by atoms with E-state index in [4.69, 9.17) is 4.74 Å². The van der Waals surface area contributed by atoms with Crippen LogP contribution in [0.1, 0.15) is 46.5 Å². The lowest BCUT2D eigenvalue weighted by Gasteiger charge is -2.34. The molecule has 0 aromatic carbocycles. The molecule has 0 bridgehead atoms. The van der Waals surface area contributed by atoms with Crippen LogP contribution in [0.3, 0.4) is 0 Å². The molecule has 4 unspecified atom stereocenters. The van der Waals surface area contributed by atoms with E-state index in [1.165, 1.54) is 51.9 Å². The molecule has 2 heterocycles. The number of rotatable bonds is 4. The van der Waals surface area contributed by atoms with E-state index in [1.54, 1.807) is 0 Å². The third-order valence-corrected chi connectivity index (χ3v) is 4.85. The predicted octanol–water partition coefficient (Wildman–Crippen LogP) is 2.51. The van der Waals surface area contributed by atoms with Gasteiger partial charge in [-0.3, -0.25) is 0 Å². The van der Waals surface area contributed by atoms with Gasteiger partial charge in [-0.05, 0) is 50.6 Å². The molecule has 19 heavy (non-hydrogen) atoms. The first-order chi connectivity index (χ1) is 9.22. The number of nitrogens with one attached hydrogen (secondary N) is 1. The SMILES string of the molecule is CCC1CCN(CC2CCOC2CC)CC(C)CN1. The Morgan fingerprint density at radius 2 is 2.05 bits per heavy atom. The van der Waals surface area contributed by atoms with Crippen molar-refractivity contribution in [2.45, 2.75) is 58.6 Å². The molecule has 0 aromatic rings. The Hall–Kier alpha value is -0.120. The molecule has 112 valence electrons. The maximum atomic E-state index is 5.84. The van der Waals surface area contributed by atoms with Gasteiger partial charge < -0.3 is 15.0 Å². The highest BCUT2D eigenvalue weighted by Gasteiger charge is 2.29. The Labute approximate surface area is 119 Å². The van der Waals surface area contributed by atoms with Crippen molar-refractivity contribution in [1.82, 2.24) is 10.2 Å². The Morgan fingerprint density at radius 1 is 1.21 bits per heavy atom. The Bertz CT molecular complexity index is 259. The lowest BCUT2D eigenvalue weighted by molar-refractivity contribution is 0.0709. The van der Waals surface area contributed by atoms with Gasteiger partial charge in [0.15, 0.2) is 0 Å². The van der Waals surface area contributed by atoms with Crippen LogP contribution in [0.2, 0.25) is 0 Å². The first-order valence-corrected chi connectivity index (χ1v) is 8.30. The highest BCUT2D eigenvalue weighted by Crippen LogP contribution is 2.25. The van der Waals surface area contributed by atoms with Crippen LogP contribution in [-0.2, 0) is 4.74 Å². The molecule has 2 rings (SSSR count). The van der Waals surface area contributed by atoms with Gasteiger partial charge in [-0.25, -0.2) is 0 Å². The summed E-state index contributed by atoms with van der Waals surface area (Å²) >= 11 is 0. The monoisotopic (exact) mass is 268 g/mol. The highest BCUT2D eigenvalue weighted by atomic mass is 16.5. The van der Waals surface area contributed by atoms with Crippen molar-refractivity contribution < 1.29 is 4.74 Å². The summed E-state index contributed by atoms with van der Waals surface area (Å²) in [5.41, 5.74) is 0. The van der Waals surface area contributed by atoms with Crippen molar-refractivity contribution >= 4 is 0 Å². The number of hydrogen-bond donors (Lipinski definition) is 1. The topological polar surface area (TPSA) is 24.5 Å². The standard InChI is InChI=1S/C16H32N2O/c1-4-15-6-8-18(11-13(3)10-17-15)12-14-7-9-19-16(14)5-2/h13-17H,4-12H2,1-3H3. The van der Waals surface area contributed by atoms with Gasteiger partial charge in [-0.15, -0.1) is 0 Å². The molecule has 2 aliphatic heterocycles. The summed E-state index contributed by atoms with van der Waals surface area (Å²) < 4.78 is 5.84. The van der Waals surface area contributed by atoms with E-state index in [1.807, 2.05) is 0 Å². The minimum Gasteiger partial charge on any atom is -0.378 e. The minimum atomic E-state index is 0.515. The van der Waals surface area contributed by atoms with Gasteiger partial charge in [0.1, 0.15) is 0 Å². The molecule has 0 spiro atoms. The van der Waals surface area contributed by atoms with Gasteiger partial charge in [0.2, 0.25) is 0 Å². The second kappa shape index (κ2) is 7.61. The van der Waals surface area contributed by atoms with E-state index < -0.39 is 0 Å². The molecular formula is C16H32N2O. The summed E-state index contributed by atoms with van der Waals surface area (Å²) in [6.07, 6.45) is 5.51. The van der Waals surface area contributed by atoms with Gasteiger partial charge in [0.25, 0.3) is 0 Å². The van der Waals surface area contributed by atoms with Crippen molar-refractivity contribution in [2.75, 3.05) is 32.8 Å². The first-order valence-electron chi connectivity index (χ1n) is 8.30. The summed E-state index contributed by atoms with van der Waals surface area (Å²) in [5.74, 6) is 1.53. The third kappa shape index (κ3) is 4.44. The molecule has 0 radical (unpaired) electrons. The van der Waals surface area contributed by atoms with Crippen molar-refractivity contribution in [3.05, 3.63) is 0 Å². The minimum absolute atomic E-state index is 0.515. The molecule has 0 aromatic heterocycles. The Kier molecular flexibility index (Phi) is 6.11. The van der Waals surface area contributed by atoms with Crippen molar-refractivity contribution in [3.63, 3.8) is 0 Å². The quantitative estimate of drug-likeness (QED) is 0.848. The van der Waals surface area contributed by atoms with Crippen molar-refractivity contribution in [1.29, 1.82) is 0 Å². The van der Waals surface area contributed by atoms with Crippen LogP contribution in [-0.4, -0.2) is 49.8 Å². The van der Waals surface area contributed by atoms with E-state index in [9.17, 15) is 0 Å². The van der Waals surface area contributed by atoms with E-state index in [2.05, 4.69) is 31.0 Å². The second-order valence-electron chi connectivity index (χ2n) is 6.53. The van der Waals surface area contributed by atoms with Crippen LogP contribution in [0.15, 0.2) is 0 Å². The van der Waals surface area contributed by atoms with Gasteiger partial charge in [-0.1, -0.05) is 20.8 Å². The zero-order valence-electron chi connectivity index (χ0n) is 13.0. The molecule has 0 amide bonds. The normalized spacial score (nSPS) is 38.1. The summed E-state index contributed by atoms with van der Waals surface area (Å²) in [7, 11) is 0. The van der Waals surface area contributed by atoms with E-state index in [0.29, 0.717) is 12.1 Å². The molecule has 2 fully saturated rings. The maximum Gasteiger partial charge on any atom is 0.0613 e. The van der Waals surface area contributed by atoms with Gasteiger partial charge in [0.05, 0.1) is 6.10 Å². The van der Waals surface area contributed by atoms with Gasteiger partial charge in [0, 0.05) is 25.7 Å². The van der Waals surface area contributed by atoms with Crippen molar-refractivity contribution in [3.8, 4) is 0 Å². The Morgan fingerprint density at radius 3 is 2.79 bits per heavy atom. The number of nitrogens with zero attached hydrogens (tertiary/aromatic N) is 1. The first kappa shape index (κ1) is 15.3. The zero-order chi connectivity index (χ0) is 13.7. The predicted molar refractivity (Wildman–Crippen MR) is 80.4 cm³/mol. The van der Waals surface area contributed by atoms with E-state index >= 15 is 0 Å². The second-order valence-corrected chi connectivity index (χ2v) is 6.53. The molecule has 1 N–H and O–H groups in total. The van der Waals surface area contributed by atoms with Crippen LogP contribution in [0.5, 0.6) is 0 Å². The lowest BCUT2D eigenvalue weighted by Crippen LogP contribution is -2.45. The van der Waals surface area contributed by atoms with Crippen LogP contribution < -0.4 is 5.32 Å². The molecule has 3 heteroatoms. The molecule has 4 atom stereocenters. The van der Waals surface area contributed by atoms with Gasteiger partial charge >= 0.3 is 0 Å². The third-order valence-electron chi connectivity index (χ3n) is 4.85. The lowest BCUT2D eigenvalue weighted by atomic mass is 9.97. The molecule has 2 saturated heterocycles. The van der Waals surface area contributed by atoms with E-state index in [-0.39, 0.29) is 0 Å². The molecule has 0 saturated carbocycles. The fraction of sp³-hybridized carbons (Fsp3) is 1.00. The average Bonchev–Trinajstić information content (AvgIpc) is 2.83. The zero-order valence-corrected chi connectivity index (χ0v) is 13.0. The summed E-state index contributed by atoms with van der Waals surface area (Å²) in [4.78, 5) is 2.70. The summed E-state index contributed by atoms with van der Waals surface area (Å²) in [6, 6.07) is 0.715.